The fraction of sp³-hybridized carbons (Fsp3) is 0.172. The summed E-state index contributed by atoms with van der Waals surface area (Å²) in [5, 5.41) is 10.7. The molecule has 0 unspecified atom stereocenters. The lowest BCUT2D eigenvalue weighted by atomic mass is 9.80. The molecule has 0 fully saturated rings. The third-order valence-electron chi connectivity index (χ3n) is 5.45. The molecule has 162 valence electrons. The maximum Gasteiger partial charge on any atom is 0.143 e. The Kier molecular flexibility index (Phi) is 7.47. The van der Waals surface area contributed by atoms with Gasteiger partial charge in [0.25, 0.3) is 0 Å². The molecule has 0 bridgehead atoms. The van der Waals surface area contributed by atoms with Gasteiger partial charge in [0.15, 0.2) is 0 Å². The van der Waals surface area contributed by atoms with Gasteiger partial charge in [0.2, 0.25) is 0 Å². The minimum atomic E-state index is -0.843. The van der Waals surface area contributed by atoms with Crippen LogP contribution in [0.15, 0.2) is 121 Å². The summed E-state index contributed by atoms with van der Waals surface area (Å²) in [6.07, 6.45) is -0.755. The van der Waals surface area contributed by atoms with Crippen molar-refractivity contribution in [2.24, 2.45) is 0 Å². The van der Waals surface area contributed by atoms with Crippen LogP contribution < -0.4 is 0 Å². The lowest BCUT2D eigenvalue weighted by molar-refractivity contribution is -0.0662. The molecule has 3 heteroatoms. The molecule has 0 spiro atoms. The minimum absolute atomic E-state index is 0.132. The van der Waals surface area contributed by atoms with Crippen LogP contribution in [0.4, 0.5) is 0 Å². The number of rotatable bonds is 10. The Balaban J connectivity index is 1.58. The van der Waals surface area contributed by atoms with Crippen LogP contribution in [0.25, 0.3) is 0 Å². The smallest absolute Gasteiger partial charge is 0.143 e. The van der Waals surface area contributed by atoms with Crippen molar-refractivity contribution in [1.82, 2.24) is 0 Å². The van der Waals surface area contributed by atoms with Crippen LogP contribution >= 0.6 is 0 Å². The van der Waals surface area contributed by atoms with E-state index in [4.69, 9.17) is 9.47 Å². The SMILES string of the molecule is O[C@@H](COCc1ccccc1)COC(c1ccccc1)(c1ccccc1)c1ccccc1. The van der Waals surface area contributed by atoms with Gasteiger partial charge in [-0.2, -0.15) is 0 Å². The highest BCUT2D eigenvalue weighted by Crippen LogP contribution is 2.40. The van der Waals surface area contributed by atoms with E-state index in [9.17, 15) is 5.11 Å². The highest BCUT2D eigenvalue weighted by molar-refractivity contribution is 5.47. The fourth-order valence-electron chi connectivity index (χ4n) is 3.92. The number of aliphatic hydroxyl groups excluding tert-OH is 1. The van der Waals surface area contributed by atoms with Crippen LogP contribution in [0.2, 0.25) is 0 Å². The minimum Gasteiger partial charge on any atom is -0.388 e. The van der Waals surface area contributed by atoms with Gasteiger partial charge in [0, 0.05) is 0 Å². The lowest BCUT2D eigenvalue weighted by Crippen LogP contribution is -2.36. The second-order valence-corrected chi connectivity index (χ2v) is 7.74. The quantitative estimate of drug-likeness (QED) is 0.338. The molecule has 0 aliphatic carbocycles. The van der Waals surface area contributed by atoms with E-state index >= 15 is 0 Å². The topological polar surface area (TPSA) is 38.7 Å². The Morgan fingerprint density at radius 2 is 0.969 bits per heavy atom. The van der Waals surface area contributed by atoms with Gasteiger partial charge in [-0.25, -0.2) is 0 Å². The van der Waals surface area contributed by atoms with Crippen molar-refractivity contribution in [3.05, 3.63) is 144 Å². The molecule has 3 nitrogen and oxygen atoms in total. The van der Waals surface area contributed by atoms with Crippen molar-refractivity contribution in [1.29, 1.82) is 0 Å². The highest BCUT2D eigenvalue weighted by atomic mass is 16.5. The van der Waals surface area contributed by atoms with Gasteiger partial charge < -0.3 is 14.6 Å². The highest BCUT2D eigenvalue weighted by Gasteiger charge is 2.37. The molecule has 0 heterocycles. The number of aliphatic hydroxyl groups is 1. The first-order valence-electron chi connectivity index (χ1n) is 10.9. The van der Waals surface area contributed by atoms with E-state index in [2.05, 4.69) is 36.4 Å². The van der Waals surface area contributed by atoms with Crippen LogP contribution in [0, 0.1) is 0 Å². The summed E-state index contributed by atoms with van der Waals surface area (Å²) in [5.41, 5.74) is 3.26. The third-order valence-corrected chi connectivity index (χ3v) is 5.45. The Morgan fingerprint density at radius 1 is 0.562 bits per heavy atom. The fourth-order valence-corrected chi connectivity index (χ4v) is 3.92. The molecule has 0 saturated carbocycles. The summed E-state index contributed by atoms with van der Waals surface area (Å²) in [4.78, 5) is 0. The van der Waals surface area contributed by atoms with Crippen molar-refractivity contribution in [3.63, 3.8) is 0 Å². The normalized spacial score (nSPS) is 12.4. The zero-order valence-corrected chi connectivity index (χ0v) is 18.0. The molecule has 4 rings (SSSR count). The number of hydrogen-bond acceptors (Lipinski definition) is 3. The predicted octanol–water partition coefficient (Wildman–Crippen LogP) is 5.57. The van der Waals surface area contributed by atoms with E-state index in [1.807, 2.05) is 84.9 Å². The molecule has 1 atom stereocenters. The number of hydrogen-bond donors (Lipinski definition) is 1. The third kappa shape index (κ3) is 5.14. The lowest BCUT2D eigenvalue weighted by Gasteiger charge is -2.36. The summed E-state index contributed by atoms with van der Waals surface area (Å²) < 4.78 is 12.4. The molecule has 0 amide bonds. The second kappa shape index (κ2) is 10.9. The largest absolute Gasteiger partial charge is 0.388 e. The molecule has 4 aromatic rings. The molecular weight excluding hydrogens is 396 g/mol. The zero-order chi connectivity index (χ0) is 22.1. The molecule has 4 aromatic carbocycles. The van der Waals surface area contributed by atoms with Crippen molar-refractivity contribution >= 4 is 0 Å². The van der Waals surface area contributed by atoms with E-state index in [1.165, 1.54) is 0 Å². The second-order valence-electron chi connectivity index (χ2n) is 7.74. The van der Waals surface area contributed by atoms with E-state index < -0.39 is 11.7 Å². The van der Waals surface area contributed by atoms with Gasteiger partial charge >= 0.3 is 0 Å². The Labute approximate surface area is 189 Å². The van der Waals surface area contributed by atoms with Crippen molar-refractivity contribution in [3.8, 4) is 0 Å². The predicted molar refractivity (Wildman–Crippen MR) is 127 cm³/mol. The summed E-state index contributed by atoms with van der Waals surface area (Å²) in [6, 6.07) is 40.4. The van der Waals surface area contributed by atoms with E-state index in [0.29, 0.717) is 6.61 Å². The molecular formula is C29H28O3. The summed E-state index contributed by atoms with van der Waals surface area (Å²) in [5.74, 6) is 0. The van der Waals surface area contributed by atoms with Gasteiger partial charge in [-0.15, -0.1) is 0 Å². The number of benzene rings is 4. The summed E-state index contributed by atoms with van der Waals surface area (Å²) in [7, 11) is 0. The Morgan fingerprint density at radius 3 is 1.41 bits per heavy atom. The van der Waals surface area contributed by atoms with Crippen LogP contribution in [0.1, 0.15) is 22.3 Å². The van der Waals surface area contributed by atoms with Gasteiger partial charge in [-0.05, 0) is 22.3 Å². The first kappa shape index (κ1) is 22.0. The molecule has 1 N–H and O–H groups in total. The molecule has 0 aliphatic rings. The Hall–Kier alpha value is -3.24. The first-order valence-corrected chi connectivity index (χ1v) is 10.9. The monoisotopic (exact) mass is 424 g/mol. The van der Waals surface area contributed by atoms with Crippen molar-refractivity contribution < 1.29 is 14.6 Å². The van der Waals surface area contributed by atoms with E-state index in [-0.39, 0.29) is 13.2 Å². The van der Waals surface area contributed by atoms with Crippen LogP contribution in [0.3, 0.4) is 0 Å². The van der Waals surface area contributed by atoms with Crippen LogP contribution in [-0.2, 0) is 21.7 Å². The zero-order valence-electron chi connectivity index (χ0n) is 18.0. The molecule has 0 aromatic heterocycles. The average molecular weight is 425 g/mol. The van der Waals surface area contributed by atoms with Crippen molar-refractivity contribution in [2.45, 2.75) is 18.3 Å². The molecule has 0 saturated heterocycles. The molecule has 0 radical (unpaired) electrons. The maximum atomic E-state index is 10.7. The summed E-state index contributed by atoms with van der Waals surface area (Å²) in [6.45, 7) is 0.788. The first-order chi connectivity index (χ1) is 15.8. The maximum absolute atomic E-state index is 10.7. The van der Waals surface area contributed by atoms with Gasteiger partial charge in [0.05, 0.1) is 19.8 Å². The van der Waals surface area contributed by atoms with Gasteiger partial charge in [0.1, 0.15) is 11.7 Å². The van der Waals surface area contributed by atoms with Gasteiger partial charge in [-0.3, -0.25) is 0 Å². The summed E-state index contributed by atoms with van der Waals surface area (Å²) >= 11 is 0. The van der Waals surface area contributed by atoms with Crippen LogP contribution in [0.5, 0.6) is 0 Å². The van der Waals surface area contributed by atoms with E-state index in [1.54, 1.807) is 0 Å². The standard InChI is InChI=1S/C29H28O3/c30-28(22-31-21-24-13-5-1-6-14-24)23-32-29(25-15-7-2-8-16-25,26-17-9-3-10-18-26)27-19-11-4-12-20-27/h1-20,28,30H,21-23H2/t28-/m0/s1. The van der Waals surface area contributed by atoms with Gasteiger partial charge in [-0.1, -0.05) is 121 Å². The number of ether oxygens (including phenoxy) is 2. The van der Waals surface area contributed by atoms with E-state index in [0.717, 1.165) is 22.3 Å². The Bertz CT molecular complexity index is 954. The van der Waals surface area contributed by atoms with Crippen molar-refractivity contribution in [2.75, 3.05) is 13.2 Å². The average Bonchev–Trinajstić information content (AvgIpc) is 2.87. The molecule has 32 heavy (non-hydrogen) atoms. The van der Waals surface area contributed by atoms with Crippen LogP contribution in [-0.4, -0.2) is 24.4 Å². The molecule has 0 aliphatic heterocycles.